The molecule has 1 saturated heterocycles. The maximum absolute atomic E-state index is 13.6. The van der Waals surface area contributed by atoms with E-state index in [1.165, 1.54) is 6.07 Å². The number of hydrogen-bond donors (Lipinski definition) is 1. The van der Waals surface area contributed by atoms with Gasteiger partial charge >= 0.3 is 0 Å². The van der Waals surface area contributed by atoms with Gasteiger partial charge in [0.2, 0.25) is 11.9 Å². The number of anilines is 1. The van der Waals surface area contributed by atoms with Gasteiger partial charge in [-0.1, -0.05) is 18.2 Å². The predicted molar refractivity (Wildman–Crippen MR) is 90.1 cm³/mol. The highest BCUT2D eigenvalue weighted by Gasteiger charge is 2.26. The summed E-state index contributed by atoms with van der Waals surface area (Å²) in [4.78, 5) is 22.9. The molecule has 1 aromatic carbocycles. The topological polar surface area (TPSA) is 58.1 Å². The molecule has 0 radical (unpaired) electrons. The van der Waals surface area contributed by atoms with E-state index in [0.717, 1.165) is 19.4 Å². The molecule has 3 rings (SSSR count). The van der Waals surface area contributed by atoms with E-state index in [4.69, 9.17) is 0 Å². The van der Waals surface area contributed by atoms with Crippen LogP contribution in [0.25, 0.3) is 0 Å². The number of nitrogens with zero attached hydrogens (tertiary/aromatic N) is 3. The molecule has 1 fully saturated rings. The minimum atomic E-state index is -0.225. The van der Waals surface area contributed by atoms with E-state index in [-0.39, 0.29) is 17.6 Å². The molecule has 1 N–H and O–H groups in total. The maximum Gasteiger partial charge on any atom is 0.225 e. The second-order valence-corrected chi connectivity index (χ2v) is 5.97. The fourth-order valence-electron chi connectivity index (χ4n) is 2.99. The van der Waals surface area contributed by atoms with Crippen molar-refractivity contribution in [3.05, 3.63) is 54.1 Å². The molecule has 1 atom stereocenters. The van der Waals surface area contributed by atoms with Gasteiger partial charge in [0.25, 0.3) is 0 Å². The molecule has 6 heteroatoms. The van der Waals surface area contributed by atoms with E-state index in [1.54, 1.807) is 36.7 Å². The van der Waals surface area contributed by atoms with E-state index < -0.39 is 0 Å². The summed E-state index contributed by atoms with van der Waals surface area (Å²) in [7, 11) is 0. The highest BCUT2D eigenvalue weighted by molar-refractivity contribution is 5.79. The van der Waals surface area contributed by atoms with E-state index in [0.29, 0.717) is 31.0 Å². The highest BCUT2D eigenvalue weighted by atomic mass is 19.1. The zero-order valence-electron chi connectivity index (χ0n) is 13.5. The second-order valence-electron chi connectivity index (χ2n) is 5.97. The fourth-order valence-corrected chi connectivity index (χ4v) is 2.99. The first-order valence-corrected chi connectivity index (χ1v) is 8.27. The molecule has 0 saturated carbocycles. The van der Waals surface area contributed by atoms with Crippen LogP contribution in [0.5, 0.6) is 0 Å². The van der Waals surface area contributed by atoms with E-state index in [2.05, 4.69) is 15.3 Å². The number of aromatic nitrogens is 2. The quantitative estimate of drug-likeness (QED) is 0.914. The largest absolute Gasteiger partial charge is 0.355 e. The Morgan fingerprint density at radius 1 is 1.25 bits per heavy atom. The van der Waals surface area contributed by atoms with Crippen LogP contribution in [0.4, 0.5) is 10.3 Å². The molecule has 1 aliphatic heterocycles. The van der Waals surface area contributed by atoms with Gasteiger partial charge in [0.05, 0.1) is 5.92 Å². The molecule has 0 spiro atoms. The van der Waals surface area contributed by atoms with Crippen molar-refractivity contribution in [1.82, 2.24) is 15.3 Å². The van der Waals surface area contributed by atoms with Gasteiger partial charge in [-0.2, -0.15) is 0 Å². The van der Waals surface area contributed by atoms with Gasteiger partial charge in [0.1, 0.15) is 5.82 Å². The Hall–Kier alpha value is -2.50. The van der Waals surface area contributed by atoms with E-state index in [1.807, 2.05) is 4.90 Å². The first kappa shape index (κ1) is 16.4. The second kappa shape index (κ2) is 7.86. The Bertz CT molecular complexity index is 680. The van der Waals surface area contributed by atoms with Crippen LogP contribution < -0.4 is 10.2 Å². The molecule has 0 bridgehead atoms. The Labute approximate surface area is 140 Å². The Balaban J connectivity index is 1.50. The van der Waals surface area contributed by atoms with Crippen LogP contribution in [0.1, 0.15) is 18.4 Å². The third kappa shape index (κ3) is 4.07. The lowest BCUT2D eigenvalue weighted by Gasteiger charge is -2.31. The fraction of sp³-hybridized carbons (Fsp3) is 0.389. The molecule has 0 unspecified atom stereocenters. The lowest BCUT2D eigenvalue weighted by Crippen LogP contribution is -2.44. The van der Waals surface area contributed by atoms with E-state index in [9.17, 15) is 9.18 Å². The van der Waals surface area contributed by atoms with Crippen molar-refractivity contribution in [2.45, 2.75) is 19.3 Å². The SMILES string of the molecule is O=C(NCCc1ccccc1F)[C@@H]1CCCN(c2ncccn2)C1. The minimum Gasteiger partial charge on any atom is -0.355 e. The number of carbonyl (C=O) groups is 1. The molecule has 126 valence electrons. The molecule has 1 aliphatic rings. The van der Waals surface area contributed by atoms with Crippen LogP contribution in [0.15, 0.2) is 42.7 Å². The number of hydrogen-bond acceptors (Lipinski definition) is 4. The first-order chi connectivity index (χ1) is 11.7. The smallest absolute Gasteiger partial charge is 0.225 e. The molecule has 1 aromatic heterocycles. The van der Waals surface area contributed by atoms with Crippen LogP contribution in [-0.2, 0) is 11.2 Å². The highest BCUT2D eigenvalue weighted by Crippen LogP contribution is 2.20. The number of rotatable bonds is 5. The van der Waals surface area contributed by atoms with Gasteiger partial charge in [0, 0.05) is 32.0 Å². The zero-order chi connectivity index (χ0) is 16.8. The summed E-state index contributed by atoms with van der Waals surface area (Å²) in [6, 6.07) is 8.44. The van der Waals surface area contributed by atoms with Crippen molar-refractivity contribution in [3.63, 3.8) is 0 Å². The van der Waals surface area contributed by atoms with Crippen LogP contribution >= 0.6 is 0 Å². The van der Waals surface area contributed by atoms with Crippen molar-refractivity contribution < 1.29 is 9.18 Å². The third-order valence-electron chi connectivity index (χ3n) is 4.28. The van der Waals surface area contributed by atoms with E-state index >= 15 is 0 Å². The summed E-state index contributed by atoms with van der Waals surface area (Å²) >= 11 is 0. The minimum absolute atomic E-state index is 0.0203. The third-order valence-corrected chi connectivity index (χ3v) is 4.28. The maximum atomic E-state index is 13.6. The number of carbonyl (C=O) groups excluding carboxylic acids is 1. The summed E-state index contributed by atoms with van der Waals surface area (Å²) in [5.41, 5.74) is 0.626. The summed E-state index contributed by atoms with van der Waals surface area (Å²) in [5, 5.41) is 2.93. The summed E-state index contributed by atoms with van der Waals surface area (Å²) in [6.07, 6.45) is 5.70. The first-order valence-electron chi connectivity index (χ1n) is 8.27. The van der Waals surface area contributed by atoms with Crippen molar-refractivity contribution >= 4 is 11.9 Å². The number of amides is 1. The van der Waals surface area contributed by atoms with Crippen LogP contribution in [0, 0.1) is 11.7 Å². The average molecular weight is 328 g/mol. The van der Waals surface area contributed by atoms with Crippen molar-refractivity contribution in [1.29, 1.82) is 0 Å². The average Bonchev–Trinajstić information content (AvgIpc) is 2.64. The van der Waals surface area contributed by atoms with Crippen LogP contribution in [0.2, 0.25) is 0 Å². The van der Waals surface area contributed by atoms with Gasteiger partial charge < -0.3 is 10.2 Å². The molecule has 2 heterocycles. The standard InChI is InChI=1S/C18H21FN4O/c19-16-7-2-1-5-14(16)8-11-20-17(24)15-6-3-12-23(13-15)18-21-9-4-10-22-18/h1-2,4-5,7,9-10,15H,3,6,8,11-13H2,(H,20,24)/t15-/m1/s1. The molecule has 1 amide bonds. The molecule has 2 aromatic rings. The lowest BCUT2D eigenvalue weighted by molar-refractivity contribution is -0.125. The van der Waals surface area contributed by atoms with Crippen molar-refractivity contribution in [2.24, 2.45) is 5.92 Å². The number of piperidine rings is 1. The van der Waals surface area contributed by atoms with Crippen molar-refractivity contribution in [2.75, 3.05) is 24.5 Å². The molecule has 5 nitrogen and oxygen atoms in total. The summed E-state index contributed by atoms with van der Waals surface area (Å²) < 4.78 is 13.6. The predicted octanol–water partition coefficient (Wildman–Crippen LogP) is 2.19. The molecular weight excluding hydrogens is 307 g/mol. The Morgan fingerprint density at radius 3 is 2.83 bits per heavy atom. The monoisotopic (exact) mass is 328 g/mol. The van der Waals surface area contributed by atoms with Gasteiger partial charge in [-0.15, -0.1) is 0 Å². The molecule has 24 heavy (non-hydrogen) atoms. The van der Waals surface area contributed by atoms with Gasteiger partial charge in [-0.05, 0) is 37.0 Å². The number of benzene rings is 1. The summed E-state index contributed by atoms with van der Waals surface area (Å²) in [5.74, 6) is 0.383. The Kier molecular flexibility index (Phi) is 5.36. The lowest BCUT2D eigenvalue weighted by atomic mass is 9.97. The van der Waals surface area contributed by atoms with Crippen molar-refractivity contribution in [3.8, 4) is 0 Å². The normalized spacial score (nSPS) is 17.5. The summed E-state index contributed by atoms with van der Waals surface area (Å²) in [6.45, 7) is 1.93. The number of nitrogens with one attached hydrogen (secondary N) is 1. The van der Waals surface area contributed by atoms with Crippen LogP contribution in [0.3, 0.4) is 0 Å². The zero-order valence-corrected chi connectivity index (χ0v) is 13.5. The number of halogens is 1. The molecular formula is C18H21FN4O. The van der Waals surface area contributed by atoms with Gasteiger partial charge in [0.15, 0.2) is 0 Å². The molecule has 0 aliphatic carbocycles. The Morgan fingerprint density at radius 2 is 2.04 bits per heavy atom. The van der Waals surface area contributed by atoms with Gasteiger partial charge in [-0.25, -0.2) is 14.4 Å². The van der Waals surface area contributed by atoms with Crippen LogP contribution in [-0.4, -0.2) is 35.5 Å². The van der Waals surface area contributed by atoms with Gasteiger partial charge in [-0.3, -0.25) is 4.79 Å².